The van der Waals surface area contributed by atoms with Crippen LogP contribution in [-0.2, 0) is 4.93 Å². The first-order valence-electron chi connectivity index (χ1n) is 9.13. The van der Waals surface area contributed by atoms with Gasteiger partial charge in [-0.2, -0.15) is 0 Å². The van der Waals surface area contributed by atoms with Crippen LogP contribution in [0.3, 0.4) is 0 Å². The average molecular weight is 388 g/mol. The molecule has 0 spiro atoms. The minimum absolute atomic E-state index is 0.145. The van der Waals surface area contributed by atoms with Gasteiger partial charge in [-0.1, -0.05) is 83.6 Å². The van der Waals surface area contributed by atoms with Gasteiger partial charge in [0.25, 0.3) is 0 Å². The van der Waals surface area contributed by atoms with Gasteiger partial charge in [-0.05, 0) is 26.0 Å². The van der Waals surface area contributed by atoms with Crippen LogP contribution in [-0.4, -0.2) is 10.9 Å². The highest BCUT2D eigenvalue weighted by molar-refractivity contribution is 8.00. The van der Waals surface area contributed by atoms with Crippen LogP contribution in [0.2, 0.25) is 0 Å². The lowest BCUT2D eigenvalue weighted by molar-refractivity contribution is 0.104. The Morgan fingerprint density at radius 3 is 2.21 bits per heavy atom. The Bertz CT molecular complexity index is 1050. The van der Waals surface area contributed by atoms with Gasteiger partial charge in [-0.3, -0.25) is 4.79 Å². The van der Waals surface area contributed by atoms with Crippen molar-refractivity contribution in [3.63, 3.8) is 0 Å². The smallest absolute Gasteiger partial charge is 0.187 e. The molecule has 1 atom stereocenters. The number of nitrogens with one attached hydrogen (secondary N) is 1. The predicted octanol–water partition coefficient (Wildman–Crippen LogP) is 5.43. The number of ketones is 1. The number of thioether (sulfide) groups is 1. The second-order valence-corrected chi connectivity index (χ2v) is 8.26. The molecule has 2 N–H and O–H groups in total. The molecule has 0 saturated carbocycles. The van der Waals surface area contributed by atoms with Crippen LogP contribution in [0, 0.1) is 13.8 Å². The highest BCUT2D eigenvalue weighted by Gasteiger charge is 2.40. The predicted molar refractivity (Wildman–Crippen MR) is 115 cm³/mol. The molecule has 3 aromatic carbocycles. The van der Waals surface area contributed by atoms with Crippen molar-refractivity contribution in [1.29, 1.82) is 0 Å². The van der Waals surface area contributed by atoms with E-state index < -0.39 is 4.93 Å². The van der Waals surface area contributed by atoms with E-state index >= 15 is 0 Å². The molecular formula is C24H21NO2S. The van der Waals surface area contributed by atoms with E-state index in [1.54, 1.807) is 0 Å². The van der Waals surface area contributed by atoms with Gasteiger partial charge in [0.1, 0.15) is 0 Å². The average Bonchev–Trinajstić information content (AvgIpc) is 2.69. The number of hydrogen-bond acceptors (Lipinski definition) is 4. The first-order valence-corrected chi connectivity index (χ1v) is 9.95. The number of para-hydroxylation sites is 1. The number of rotatable bonds is 3. The molecule has 0 saturated heterocycles. The Labute approximate surface area is 169 Å². The van der Waals surface area contributed by atoms with Crippen molar-refractivity contribution in [3.8, 4) is 0 Å². The van der Waals surface area contributed by atoms with Crippen LogP contribution >= 0.6 is 11.8 Å². The topological polar surface area (TPSA) is 49.3 Å². The van der Waals surface area contributed by atoms with E-state index in [9.17, 15) is 9.90 Å². The summed E-state index contributed by atoms with van der Waals surface area (Å²) in [7, 11) is 0. The Kier molecular flexibility index (Phi) is 4.84. The van der Waals surface area contributed by atoms with Crippen molar-refractivity contribution in [2.45, 2.75) is 23.7 Å². The van der Waals surface area contributed by atoms with E-state index in [2.05, 4.69) is 5.32 Å². The van der Waals surface area contributed by atoms with Crippen molar-refractivity contribution in [2.75, 3.05) is 5.32 Å². The summed E-state index contributed by atoms with van der Waals surface area (Å²) in [6.45, 7) is 3.99. The summed E-state index contributed by atoms with van der Waals surface area (Å²) >= 11 is 1.34. The zero-order valence-corrected chi connectivity index (χ0v) is 16.6. The normalized spacial score (nSPS) is 19.8. The van der Waals surface area contributed by atoms with Crippen LogP contribution in [0.1, 0.15) is 27.0 Å². The third-order valence-electron chi connectivity index (χ3n) is 4.83. The molecular weight excluding hydrogens is 366 g/mol. The van der Waals surface area contributed by atoms with Crippen molar-refractivity contribution >= 4 is 23.2 Å². The molecule has 1 unspecified atom stereocenters. The largest absolute Gasteiger partial charge is 0.370 e. The lowest BCUT2D eigenvalue weighted by atomic mass is 10.0. The third-order valence-corrected chi connectivity index (χ3v) is 6.16. The molecule has 3 nitrogen and oxygen atoms in total. The second-order valence-electron chi connectivity index (χ2n) is 7.02. The molecule has 1 aliphatic rings. The molecule has 0 aliphatic carbocycles. The first-order chi connectivity index (χ1) is 13.5. The highest BCUT2D eigenvalue weighted by Crippen LogP contribution is 2.51. The summed E-state index contributed by atoms with van der Waals surface area (Å²) in [6, 6.07) is 23.0. The maximum atomic E-state index is 12.9. The summed E-state index contributed by atoms with van der Waals surface area (Å²) < 4.78 is 0. The molecule has 0 amide bonds. The van der Waals surface area contributed by atoms with Crippen molar-refractivity contribution in [2.24, 2.45) is 0 Å². The maximum absolute atomic E-state index is 12.9. The first kappa shape index (κ1) is 18.5. The zero-order valence-electron chi connectivity index (χ0n) is 15.8. The molecule has 0 aromatic heterocycles. The summed E-state index contributed by atoms with van der Waals surface area (Å²) in [5.41, 5.74) is 4.88. The van der Waals surface area contributed by atoms with E-state index in [0.717, 1.165) is 27.3 Å². The second kappa shape index (κ2) is 7.30. The number of hydrogen-bond donors (Lipinski definition) is 2. The molecule has 0 fully saturated rings. The third kappa shape index (κ3) is 3.49. The highest BCUT2D eigenvalue weighted by atomic mass is 32.2. The molecule has 4 rings (SSSR count). The van der Waals surface area contributed by atoms with Crippen LogP contribution in [0.15, 0.2) is 89.5 Å². The lowest BCUT2D eigenvalue weighted by Crippen LogP contribution is -2.32. The number of aliphatic hydroxyl groups is 1. The number of carbonyl (C=O) groups is 1. The lowest BCUT2D eigenvalue weighted by Gasteiger charge is -2.36. The van der Waals surface area contributed by atoms with Gasteiger partial charge in [-0.15, -0.1) is 0 Å². The summed E-state index contributed by atoms with van der Waals surface area (Å²) in [4.78, 5) is 12.4. The van der Waals surface area contributed by atoms with Gasteiger partial charge in [0.2, 0.25) is 0 Å². The summed E-state index contributed by atoms with van der Waals surface area (Å²) in [5.74, 6) is -0.145. The molecule has 0 bridgehead atoms. The fourth-order valence-corrected chi connectivity index (χ4v) is 4.33. The van der Waals surface area contributed by atoms with E-state index in [0.29, 0.717) is 11.3 Å². The van der Waals surface area contributed by atoms with Crippen molar-refractivity contribution in [3.05, 3.63) is 107 Å². The van der Waals surface area contributed by atoms with Crippen molar-refractivity contribution in [1.82, 2.24) is 0 Å². The number of aryl methyl sites for hydroxylation is 2. The number of anilines is 1. The monoisotopic (exact) mass is 387 g/mol. The zero-order chi connectivity index (χ0) is 19.7. The van der Waals surface area contributed by atoms with Crippen LogP contribution in [0.4, 0.5) is 5.69 Å². The fraction of sp³-hybridized carbons (Fsp3) is 0.125. The van der Waals surface area contributed by atoms with Gasteiger partial charge in [-0.25, -0.2) is 0 Å². The Balaban J connectivity index is 1.80. The molecule has 4 heteroatoms. The standard InChI is InChI=1S/C24H21NO2S/c1-16-7-11-18(12-8-16)21(26)15-23-24(27,19-13-9-17(2)10-14-19)28-22-6-4-3-5-20(22)25-23/h3-15,25,27H,1-2H3/b23-15-. The van der Waals surface area contributed by atoms with Gasteiger partial charge >= 0.3 is 0 Å². The Morgan fingerprint density at radius 2 is 1.54 bits per heavy atom. The quantitative estimate of drug-likeness (QED) is 0.464. The summed E-state index contributed by atoms with van der Waals surface area (Å²) in [6.07, 6.45) is 1.51. The Morgan fingerprint density at radius 1 is 0.929 bits per heavy atom. The van der Waals surface area contributed by atoms with Gasteiger partial charge in [0, 0.05) is 22.1 Å². The van der Waals surface area contributed by atoms with Gasteiger partial charge < -0.3 is 10.4 Å². The Hall–Kier alpha value is -2.82. The number of allylic oxidation sites excluding steroid dienone is 1. The minimum Gasteiger partial charge on any atom is -0.370 e. The number of carbonyl (C=O) groups excluding carboxylic acids is 1. The van der Waals surface area contributed by atoms with Crippen molar-refractivity contribution < 1.29 is 9.90 Å². The summed E-state index contributed by atoms with van der Waals surface area (Å²) in [5, 5.41) is 14.9. The molecule has 28 heavy (non-hydrogen) atoms. The van der Waals surface area contributed by atoms with E-state index in [4.69, 9.17) is 0 Å². The number of benzene rings is 3. The van der Waals surface area contributed by atoms with Crippen LogP contribution in [0.5, 0.6) is 0 Å². The minimum atomic E-state index is -1.37. The molecule has 1 aliphatic heterocycles. The molecule has 0 radical (unpaired) electrons. The van der Waals surface area contributed by atoms with Crippen LogP contribution in [0.25, 0.3) is 0 Å². The van der Waals surface area contributed by atoms with Crippen LogP contribution < -0.4 is 5.32 Å². The van der Waals surface area contributed by atoms with Gasteiger partial charge in [0.05, 0.1) is 11.4 Å². The van der Waals surface area contributed by atoms with Gasteiger partial charge in [0.15, 0.2) is 10.7 Å². The van der Waals surface area contributed by atoms with E-state index in [1.807, 2.05) is 86.6 Å². The van der Waals surface area contributed by atoms with E-state index in [1.165, 1.54) is 17.8 Å². The SMILES string of the molecule is Cc1ccc(C(=O)/C=C2\Nc3ccccc3SC2(O)c2ccc(C)cc2)cc1. The number of fused-ring (bicyclic) bond motifs is 1. The molecule has 1 heterocycles. The van der Waals surface area contributed by atoms with E-state index in [-0.39, 0.29) is 5.78 Å². The maximum Gasteiger partial charge on any atom is 0.187 e. The molecule has 140 valence electrons. The fourth-order valence-electron chi connectivity index (χ4n) is 3.16. The molecule has 3 aromatic rings.